The van der Waals surface area contributed by atoms with Crippen molar-refractivity contribution in [3.8, 4) is 0 Å². The number of rotatable bonds is 2. The van der Waals surface area contributed by atoms with Gasteiger partial charge in [-0.3, -0.25) is 9.69 Å². The summed E-state index contributed by atoms with van der Waals surface area (Å²) < 4.78 is 0. The molecule has 0 spiro atoms. The number of aromatic nitrogens is 1. The van der Waals surface area contributed by atoms with Crippen LogP contribution in [0.1, 0.15) is 23.4 Å². The number of nitrogens with zero attached hydrogens (tertiary/aromatic N) is 2. The van der Waals surface area contributed by atoms with Gasteiger partial charge >= 0.3 is 0 Å². The number of hydrogen-bond acceptors (Lipinski definition) is 3. The zero-order valence-corrected chi connectivity index (χ0v) is 11.0. The van der Waals surface area contributed by atoms with Gasteiger partial charge in [-0.05, 0) is 25.7 Å². The predicted molar refractivity (Wildman–Crippen MR) is 66.0 cm³/mol. The van der Waals surface area contributed by atoms with E-state index in [1.807, 2.05) is 0 Å². The van der Waals surface area contributed by atoms with E-state index < -0.39 is 0 Å². The summed E-state index contributed by atoms with van der Waals surface area (Å²) in [7, 11) is 1.79. The lowest BCUT2D eigenvalue weighted by molar-refractivity contribution is -0.115. The van der Waals surface area contributed by atoms with E-state index in [4.69, 9.17) is 0 Å². The highest BCUT2D eigenvalue weighted by Crippen LogP contribution is 2.31. The zero-order chi connectivity index (χ0) is 10.8. The van der Waals surface area contributed by atoms with Crippen molar-refractivity contribution in [3.63, 3.8) is 0 Å². The molecule has 3 nitrogen and oxygen atoms in total. The van der Waals surface area contributed by atoms with Gasteiger partial charge in [-0.15, -0.1) is 11.3 Å². The van der Waals surface area contributed by atoms with Crippen LogP contribution in [0.2, 0.25) is 0 Å². The quantitative estimate of drug-likeness (QED) is 0.783. The number of aryl methyl sites for hydroxylation is 2. The van der Waals surface area contributed by atoms with Crippen molar-refractivity contribution in [2.75, 3.05) is 17.3 Å². The summed E-state index contributed by atoms with van der Waals surface area (Å²) in [6.07, 6.45) is 4.68. The molecule has 0 fully saturated rings. The van der Waals surface area contributed by atoms with Crippen molar-refractivity contribution in [2.24, 2.45) is 0 Å². The molecule has 82 valence electrons. The van der Waals surface area contributed by atoms with Crippen molar-refractivity contribution in [3.05, 3.63) is 10.6 Å². The number of anilines is 1. The monoisotopic (exact) mass is 288 g/mol. The summed E-state index contributed by atoms with van der Waals surface area (Å²) in [5.74, 6) is 0.0566. The Morgan fingerprint density at radius 1 is 1.53 bits per heavy atom. The van der Waals surface area contributed by atoms with Crippen LogP contribution < -0.4 is 4.90 Å². The average Bonchev–Trinajstić information content (AvgIpc) is 2.70. The number of thiazole rings is 1. The van der Waals surface area contributed by atoms with Crippen LogP contribution in [0.5, 0.6) is 0 Å². The van der Waals surface area contributed by atoms with Crippen molar-refractivity contribution in [1.29, 1.82) is 0 Å². The SMILES string of the molecule is CN(C(=O)CBr)c1nc2c(s1)CCCC2. The third-order valence-corrected chi connectivity index (χ3v) is 4.32. The van der Waals surface area contributed by atoms with Gasteiger partial charge in [0.1, 0.15) is 0 Å². The Morgan fingerprint density at radius 2 is 2.27 bits per heavy atom. The average molecular weight is 289 g/mol. The number of amides is 1. The van der Waals surface area contributed by atoms with Crippen LogP contribution in [-0.2, 0) is 17.6 Å². The molecule has 2 rings (SSSR count). The highest BCUT2D eigenvalue weighted by molar-refractivity contribution is 9.09. The Kier molecular flexibility index (Phi) is 3.41. The van der Waals surface area contributed by atoms with Crippen LogP contribution in [0.4, 0.5) is 5.13 Å². The second-order valence-corrected chi connectivity index (χ2v) is 5.28. The first-order chi connectivity index (χ1) is 7.22. The van der Waals surface area contributed by atoms with Gasteiger partial charge in [0.2, 0.25) is 5.91 Å². The van der Waals surface area contributed by atoms with E-state index in [1.54, 1.807) is 23.3 Å². The maximum Gasteiger partial charge on any atom is 0.239 e. The molecule has 1 heterocycles. The molecule has 0 bridgehead atoms. The summed E-state index contributed by atoms with van der Waals surface area (Å²) in [5.41, 5.74) is 1.20. The highest BCUT2D eigenvalue weighted by atomic mass is 79.9. The van der Waals surface area contributed by atoms with E-state index in [0.717, 1.165) is 18.0 Å². The number of halogens is 1. The van der Waals surface area contributed by atoms with E-state index in [1.165, 1.54) is 23.4 Å². The van der Waals surface area contributed by atoms with Gasteiger partial charge in [0.15, 0.2) is 5.13 Å². The van der Waals surface area contributed by atoms with Crippen LogP contribution in [0.25, 0.3) is 0 Å². The molecule has 0 unspecified atom stereocenters. The van der Waals surface area contributed by atoms with Crippen molar-refractivity contribution in [1.82, 2.24) is 4.98 Å². The normalized spacial score (nSPS) is 14.8. The predicted octanol–water partition coefficient (Wildman–Crippen LogP) is 2.38. The number of alkyl halides is 1. The maximum absolute atomic E-state index is 11.5. The van der Waals surface area contributed by atoms with Crippen LogP contribution >= 0.6 is 27.3 Å². The topological polar surface area (TPSA) is 33.2 Å². The lowest BCUT2D eigenvalue weighted by Gasteiger charge is -2.10. The number of hydrogen-bond donors (Lipinski definition) is 0. The lowest BCUT2D eigenvalue weighted by Crippen LogP contribution is -2.26. The molecule has 0 aromatic carbocycles. The van der Waals surface area contributed by atoms with Crippen LogP contribution in [0, 0.1) is 0 Å². The van der Waals surface area contributed by atoms with Gasteiger partial charge in [0, 0.05) is 11.9 Å². The molecule has 0 radical (unpaired) electrons. The standard InChI is InChI=1S/C10H13BrN2OS/c1-13(9(14)6-11)10-12-7-4-2-3-5-8(7)15-10/h2-6H2,1H3. The van der Waals surface area contributed by atoms with Gasteiger partial charge in [-0.1, -0.05) is 15.9 Å². The van der Waals surface area contributed by atoms with Gasteiger partial charge in [-0.2, -0.15) is 0 Å². The fourth-order valence-corrected chi connectivity index (χ4v) is 3.18. The minimum Gasteiger partial charge on any atom is -0.291 e. The number of carbonyl (C=O) groups excluding carboxylic acids is 1. The number of carbonyl (C=O) groups is 1. The first-order valence-corrected chi connectivity index (χ1v) is 6.97. The summed E-state index contributed by atoms with van der Waals surface area (Å²) in [6.45, 7) is 0. The molecule has 15 heavy (non-hydrogen) atoms. The van der Waals surface area contributed by atoms with E-state index in [2.05, 4.69) is 20.9 Å². The molecule has 0 atom stereocenters. The second kappa shape index (κ2) is 4.61. The van der Waals surface area contributed by atoms with Crippen molar-refractivity contribution in [2.45, 2.75) is 25.7 Å². The largest absolute Gasteiger partial charge is 0.291 e. The summed E-state index contributed by atoms with van der Waals surface area (Å²) in [4.78, 5) is 19.0. The molecule has 0 N–H and O–H groups in total. The fourth-order valence-electron chi connectivity index (χ4n) is 1.68. The Bertz CT molecular complexity index is 354. The summed E-state index contributed by atoms with van der Waals surface area (Å²) in [6, 6.07) is 0. The molecular formula is C10H13BrN2OS. The Balaban J connectivity index is 2.22. The second-order valence-electron chi connectivity index (χ2n) is 3.66. The van der Waals surface area contributed by atoms with Gasteiger partial charge in [-0.25, -0.2) is 4.98 Å². The Hall–Kier alpha value is -0.420. The Labute approximate surface area is 102 Å². The Morgan fingerprint density at radius 3 is 2.93 bits per heavy atom. The zero-order valence-electron chi connectivity index (χ0n) is 8.62. The first-order valence-electron chi connectivity index (χ1n) is 5.03. The molecule has 1 aliphatic carbocycles. The van der Waals surface area contributed by atoms with Gasteiger partial charge < -0.3 is 0 Å². The minimum absolute atomic E-state index is 0.0566. The maximum atomic E-state index is 11.5. The molecule has 0 saturated carbocycles. The number of fused-ring (bicyclic) bond motifs is 1. The van der Waals surface area contributed by atoms with E-state index in [9.17, 15) is 4.79 Å². The van der Waals surface area contributed by atoms with Crippen molar-refractivity contribution < 1.29 is 4.79 Å². The molecular weight excluding hydrogens is 276 g/mol. The molecule has 1 aromatic heterocycles. The molecule has 5 heteroatoms. The third-order valence-electron chi connectivity index (χ3n) is 2.61. The van der Waals surface area contributed by atoms with Gasteiger partial charge in [0.25, 0.3) is 0 Å². The summed E-state index contributed by atoms with van der Waals surface area (Å²) in [5, 5.41) is 1.19. The van der Waals surface area contributed by atoms with E-state index >= 15 is 0 Å². The highest BCUT2D eigenvalue weighted by Gasteiger charge is 2.19. The molecule has 1 amide bonds. The lowest BCUT2D eigenvalue weighted by atomic mass is 10.0. The van der Waals surface area contributed by atoms with Crippen LogP contribution in [0.3, 0.4) is 0 Å². The minimum atomic E-state index is 0.0566. The first kappa shape index (κ1) is 11.1. The van der Waals surface area contributed by atoms with Gasteiger partial charge in [0.05, 0.1) is 11.0 Å². The third kappa shape index (κ3) is 2.23. The molecule has 1 aliphatic rings. The fraction of sp³-hybridized carbons (Fsp3) is 0.600. The van der Waals surface area contributed by atoms with Crippen molar-refractivity contribution >= 4 is 38.3 Å². The summed E-state index contributed by atoms with van der Waals surface area (Å²) >= 11 is 4.83. The molecule has 1 aromatic rings. The molecule has 0 saturated heterocycles. The van der Waals surface area contributed by atoms with E-state index in [0.29, 0.717) is 5.33 Å². The smallest absolute Gasteiger partial charge is 0.239 e. The molecule has 0 aliphatic heterocycles. The van der Waals surface area contributed by atoms with E-state index in [-0.39, 0.29) is 5.91 Å². The van der Waals surface area contributed by atoms with Crippen LogP contribution in [0.15, 0.2) is 0 Å². The van der Waals surface area contributed by atoms with Crippen LogP contribution in [-0.4, -0.2) is 23.3 Å².